The summed E-state index contributed by atoms with van der Waals surface area (Å²) in [6.45, 7) is 4.90. The third-order valence-corrected chi connectivity index (χ3v) is 11.3. The first-order chi connectivity index (χ1) is 21.2. The first-order valence-electron chi connectivity index (χ1n) is 16.1. The molecular formula is C39H43NO2S. The summed E-state index contributed by atoms with van der Waals surface area (Å²) >= 11 is 1.60. The predicted octanol–water partition coefficient (Wildman–Crippen LogP) is 9.77. The zero-order chi connectivity index (χ0) is 29.1. The molecule has 0 aliphatic heterocycles. The number of rotatable bonds is 10. The second kappa shape index (κ2) is 12.9. The molecule has 0 amide bonds. The summed E-state index contributed by atoms with van der Waals surface area (Å²) in [6, 6.07) is 38.9. The first-order valence-corrected chi connectivity index (χ1v) is 16.8. The highest BCUT2D eigenvalue weighted by atomic mass is 32.2. The molecule has 3 aliphatic rings. The molecule has 3 aliphatic carbocycles. The van der Waals surface area contributed by atoms with Gasteiger partial charge in [0.1, 0.15) is 12.4 Å². The molecule has 2 saturated carbocycles. The Morgan fingerprint density at radius 1 is 0.744 bits per heavy atom. The number of hydrogen-bond donors (Lipinski definition) is 0. The fourth-order valence-corrected chi connectivity index (χ4v) is 9.24. The molecule has 43 heavy (non-hydrogen) atoms. The molecule has 5 unspecified atom stereocenters. The van der Waals surface area contributed by atoms with Crippen LogP contribution in [0.15, 0.2) is 109 Å². The Bertz CT molecular complexity index is 1440. The van der Waals surface area contributed by atoms with Gasteiger partial charge in [-0.05, 0) is 102 Å². The van der Waals surface area contributed by atoms with Crippen LogP contribution in [0.25, 0.3) is 0 Å². The van der Waals surface area contributed by atoms with Crippen LogP contribution in [-0.2, 0) is 30.3 Å². The molecule has 4 heteroatoms. The van der Waals surface area contributed by atoms with Gasteiger partial charge in [-0.1, -0.05) is 104 Å². The van der Waals surface area contributed by atoms with E-state index in [-0.39, 0.29) is 5.41 Å². The molecule has 0 bridgehead atoms. The van der Waals surface area contributed by atoms with Gasteiger partial charge < -0.3 is 4.74 Å². The largest absolute Gasteiger partial charge is 0.489 e. The Kier molecular flexibility index (Phi) is 8.61. The lowest BCUT2D eigenvalue weighted by Crippen LogP contribution is -2.44. The minimum absolute atomic E-state index is 0.246. The highest BCUT2D eigenvalue weighted by Crippen LogP contribution is 2.62. The molecule has 0 radical (unpaired) electrons. The Hall–Kier alpha value is -3.05. The van der Waals surface area contributed by atoms with Crippen LogP contribution in [0.2, 0.25) is 0 Å². The highest BCUT2D eigenvalue weighted by Gasteiger charge is 2.55. The van der Waals surface area contributed by atoms with Crippen LogP contribution in [0, 0.1) is 17.3 Å². The predicted molar refractivity (Wildman–Crippen MR) is 176 cm³/mol. The lowest BCUT2D eigenvalue weighted by molar-refractivity contribution is -0.00474. The third-order valence-electron chi connectivity index (χ3n) is 10.5. The first kappa shape index (κ1) is 28.7. The van der Waals surface area contributed by atoms with Crippen LogP contribution in [0.4, 0.5) is 0 Å². The maximum absolute atomic E-state index is 6.84. The standard InChI is InChI=1S/C39H43NO2S/c1-39-24-23-35-34-20-18-33(41-28-31-15-9-4-10-16-31)25-32(34)17-19-36(35)37(39)21-22-38(39)42-43-40(26-29-11-5-2-6-12-29)27-30-13-7-3-8-14-30/h2-16,18,20,25,35-38H,17,19,21-24,26-28H2,1H3. The number of nitrogens with zero attached hydrogens (tertiary/aromatic N) is 1. The zero-order valence-corrected chi connectivity index (χ0v) is 26.1. The van der Waals surface area contributed by atoms with Gasteiger partial charge in [-0.3, -0.25) is 4.18 Å². The van der Waals surface area contributed by atoms with Crippen molar-refractivity contribution < 1.29 is 8.92 Å². The summed E-state index contributed by atoms with van der Waals surface area (Å²) < 4.78 is 15.4. The molecule has 0 N–H and O–H groups in total. The number of aryl methyl sites for hydroxylation is 1. The quantitative estimate of drug-likeness (QED) is 0.136. The van der Waals surface area contributed by atoms with E-state index in [1.807, 2.05) is 0 Å². The van der Waals surface area contributed by atoms with Crippen molar-refractivity contribution in [3.05, 3.63) is 137 Å². The van der Waals surface area contributed by atoms with Gasteiger partial charge in [0, 0.05) is 13.1 Å². The van der Waals surface area contributed by atoms with Gasteiger partial charge in [0.25, 0.3) is 0 Å². The van der Waals surface area contributed by atoms with Gasteiger partial charge in [-0.25, -0.2) is 4.31 Å². The van der Waals surface area contributed by atoms with Crippen LogP contribution in [0.3, 0.4) is 0 Å². The number of ether oxygens (including phenoxy) is 1. The molecule has 0 aromatic heterocycles. The highest BCUT2D eigenvalue weighted by molar-refractivity contribution is 7.92. The second-order valence-corrected chi connectivity index (χ2v) is 14.0. The van der Waals surface area contributed by atoms with E-state index in [0.29, 0.717) is 18.6 Å². The molecule has 3 nitrogen and oxygen atoms in total. The van der Waals surface area contributed by atoms with Crippen LogP contribution in [-0.4, -0.2) is 10.4 Å². The minimum atomic E-state index is 0.246. The fourth-order valence-electron chi connectivity index (χ4n) is 8.29. The summed E-state index contributed by atoms with van der Waals surface area (Å²) in [5.41, 5.74) is 7.19. The second-order valence-electron chi connectivity index (χ2n) is 13.1. The average Bonchev–Trinajstić information content (AvgIpc) is 3.40. The van der Waals surface area contributed by atoms with E-state index in [1.54, 1.807) is 17.8 Å². The van der Waals surface area contributed by atoms with Crippen molar-refractivity contribution in [2.24, 2.45) is 17.3 Å². The topological polar surface area (TPSA) is 21.7 Å². The maximum atomic E-state index is 6.84. The summed E-state index contributed by atoms with van der Waals surface area (Å²) in [5, 5.41) is 0. The molecule has 5 atom stereocenters. The zero-order valence-electron chi connectivity index (χ0n) is 25.2. The van der Waals surface area contributed by atoms with E-state index < -0.39 is 0 Å². The summed E-state index contributed by atoms with van der Waals surface area (Å²) in [6.07, 6.45) is 7.70. The maximum Gasteiger partial charge on any atom is 0.120 e. The molecule has 0 saturated heterocycles. The summed E-state index contributed by atoms with van der Waals surface area (Å²) in [7, 11) is 0. The molecule has 222 valence electrons. The third kappa shape index (κ3) is 6.29. The van der Waals surface area contributed by atoms with Crippen molar-refractivity contribution in [1.29, 1.82) is 0 Å². The normalized spacial score (nSPS) is 26.0. The van der Waals surface area contributed by atoms with Crippen molar-refractivity contribution in [2.45, 2.75) is 77.2 Å². The molecule has 4 aromatic carbocycles. The van der Waals surface area contributed by atoms with Gasteiger partial charge in [0.2, 0.25) is 0 Å². The van der Waals surface area contributed by atoms with Crippen LogP contribution >= 0.6 is 12.2 Å². The van der Waals surface area contributed by atoms with E-state index in [9.17, 15) is 0 Å². The van der Waals surface area contributed by atoms with Gasteiger partial charge in [0.15, 0.2) is 0 Å². The van der Waals surface area contributed by atoms with Gasteiger partial charge in [-0.2, -0.15) is 0 Å². The van der Waals surface area contributed by atoms with Crippen molar-refractivity contribution in [3.8, 4) is 5.75 Å². The Morgan fingerprint density at radius 3 is 2.07 bits per heavy atom. The monoisotopic (exact) mass is 589 g/mol. The van der Waals surface area contributed by atoms with Crippen LogP contribution < -0.4 is 4.74 Å². The van der Waals surface area contributed by atoms with Crippen LogP contribution in [0.5, 0.6) is 5.75 Å². The fraction of sp³-hybridized carbons (Fsp3) is 0.385. The summed E-state index contributed by atoms with van der Waals surface area (Å²) in [4.78, 5) is 0. The smallest absolute Gasteiger partial charge is 0.120 e. The SMILES string of the molecule is CC12CCC3c4ccc(OCc5ccccc5)cc4CCC3C1CCC2OSN(Cc1ccccc1)Cc1ccccc1. The Balaban J connectivity index is 1.01. The van der Waals surface area contributed by atoms with E-state index in [0.717, 1.165) is 37.1 Å². The van der Waals surface area contributed by atoms with Crippen molar-refractivity contribution in [1.82, 2.24) is 4.31 Å². The number of benzene rings is 4. The van der Waals surface area contributed by atoms with E-state index in [1.165, 1.54) is 54.4 Å². The summed E-state index contributed by atoms with van der Waals surface area (Å²) in [5.74, 6) is 3.16. The van der Waals surface area contributed by atoms with Crippen molar-refractivity contribution in [3.63, 3.8) is 0 Å². The van der Waals surface area contributed by atoms with Crippen molar-refractivity contribution in [2.75, 3.05) is 0 Å². The minimum Gasteiger partial charge on any atom is -0.489 e. The molecule has 0 spiro atoms. The van der Waals surface area contributed by atoms with Crippen molar-refractivity contribution >= 4 is 12.2 Å². The van der Waals surface area contributed by atoms with E-state index in [4.69, 9.17) is 8.92 Å². The molecule has 7 rings (SSSR count). The lowest BCUT2D eigenvalue weighted by Gasteiger charge is -2.50. The van der Waals surface area contributed by atoms with Gasteiger partial charge in [0.05, 0.1) is 18.3 Å². The van der Waals surface area contributed by atoms with E-state index >= 15 is 0 Å². The Morgan fingerprint density at radius 2 is 1.40 bits per heavy atom. The molecular weight excluding hydrogens is 547 g/mol. The molecule has 0 heterocycles. The number of hydrogen-bond acceptors (Lipinski definition) is 4. The molecule has 4 aromatic rings. The van der Waals surface area contributed by atoms with Gasteiger partial charge in [-0.15, -0.1) is 0 Å². The lowest BCUT2D eigenvalue weighted by atomic mass is 9.55. The van der Waals surface area contributed by atoms with Crippen LogP contribution in [0.1, 0.15) is 72.8 Å². The van der Waals surface area contributed by atoms with E-state index in [2.05, 4.69) is 120 Å². The van der Waals surface area contributed by atoms with Gasteiger partial charge >= 0.3 is 0 Å². The Labute approximate surface area is 262 Å². The average molecular weight is 590 g/mol. The molecule has 2 fully saturated rings. The number of fused-ring (bicyclic) bond motifs is 5.